The van der Waals surface area contributed by atoms with Crippen molar-refractivity contribution in [1.29, 1.82) is 0 Å². The first-order valence-corrected chi connectivity index (χ1v) is 7.25. The van der Waals surface area contributed by atoms with E-state index in [-0.39, 0.29) is 0 Å². The summed E-state index contributed by atoms with van der Waals surface area (Å²) in [4.78, 5) is 2.57. The van der Waals surface area contributed by atoms with Crippen LogP contribution in [0.5, 0.6) is 0 Å². The maximum absolute atomic E-state index is 5.62. The summed E-state index contributed by atoms with van der Waals surface area (Å²) in [7, 11) is 0. The Morgan fingerprint density at radius 3 is 2.61 bits per heavy atom. The molecule has 1 fully saturated rings. The van der Waals surface area contributed by atoms with Gasteiger partial charge in [-0.05, 0) is 50.5 Å². The fraction of sp³-hybridized carbons (Fsp3) is 0.733. The quantitative estimate of drug-likeness (QED) is 0.841. The molecule has 0 aromatic carbocycles. The first kappa shape index (κ1) is 13.6. The highest BCUT2D eigenvalue weighted by molar-refractivity contribution is 5.06. The lowest BCUT2D eigenvalue weighted by atomic mass is 10.1. The molecule has 1 aromatic rings. The molecule has 102 valence electrons. The van der Waals surface area contributed by atoms with Gasteiger partial charge in [-0.25, -0.2) is 0 Å². The highest BCUT2D eigenvalue weighted by Gasteiger charge is 2.23. The third-order valence-corrected chi connectivity index (χ3v) is 3.59. The van der Waals surface area contributed by atoms with Gasteiger partial charge in [0.05, 0.1) is 12.3 Å². The molecule has 1 aliphatic heterocycles. The number of furan rings is 1. The Balaban J connectivity index is 1.94. The van der Waals surface area contributed by atoms with E-state index in [1.54, 1.807) is 6.26 Å². The summed E-state index contributed by atoms with van der Waals surface area (Å²) in [6.45, 7) is 8.96. The zero-order valence-electron chi connectivity index (χ0n) is 11.7. The number of piperidine rings is 1. The van der Waals surface area contributed by atoms with E-state index in [1.807, 2.05) is 6.07 Å². The van der Waals surface area contributed by atoms with E-state index >= 15 is 0 Å². The van der Waals surface area contributed by atoms with Crippen LogP contribution in [0.4, 0.5) is 0 Å². The molecule has 18 heavy (non-hydrogen) atoms. The Hall–Kier alpha value is -0.800. The molecule has 3 heteroatoms. The highest BCUT2D eigenvalue weighted by Crippen LogP contribution is 2.24. The van der Waals surface area contributed by atoms with Gasteiger partial charge in [-0.3, -0.25) is 4.90 Å². The van der Waals surface area contributed by atoms with E-state index in [1.165, 1.54) is 32.4 Å². The van der Waals surface area contributed by atoms with Gasteiger partial charge in [0.2, 0.25) is 0 Å². The van der Waals surface area contributed by atoms with Crippen LogP contribution in [0.3, 0.4) is 0 Å². The number of likely N-dealkylation sites (tertiary alicyclic amines) is 1. The van der Waals surface area contributed by atoms with Crippen molar-refractivity contribution in [2.24, 2.45) is 5.92 Å². The summed E-state index contributed by atoms with van der Waals surface area (Å²) in [5, 5.41) is 3.57. The first-order valence-electron chi connectivity index (χ1n) is 7.25. The monoisotopic (exact) mass is 250 g/mol. The van der Waals surface area contributed by atoms with Gasteiger partial charge >= 0.3 is 0 Å². The van der Waals surface area contributed by atoms with Crippen LogP contribution in [0.2, 0.25) is 0 Å². The third-order valence-electron chi connectivity index (χ3n) is 3.59. The molecule has 2 heterocycles. The summed E-state index contributed by atoms with van der Waals surface area (Å²) in [6, 6.07) is 4.50. The van der Waals surface area contributed by atoms with E-state index in [4.69, 9.17) is 4.42 Å². The van der Waals surface area contributed by atoms with E-state index in [9.17, 15) is 0 Å². The molecular formula is C15H26N2O. The normalized spacial score (nSPS) is 19.3. The fourth-order valence-electron chi connectivity index (χ4n) is 2.63. The number of hydrogen-bond donors (Lipinski definition) is 1. The molecule has 3 nitrogen and oxygen atoms in total. The summed E-state index contributed by atoms with van der Waals surface area (Å²) in [5.41, 5.74) is 0. The van der Waals surface area contributed by atoms with Crippen molar-refractivity contribution in [3.63, 3.8) is 0 Å². The van der Waals surface area contributed by atoms with Crippen molar-refractivity contribution in [1.82, 2.24) is 10.2 Å². The van der Waals surface area contributed by atoms with Crippen molar-refractivity contribution in [3.8, 4) is 0 Å². The van der Waals surface area contributed by atoms with Gasteiger partial charge in [-0.15, -0.1) is 0 Å². The zero-order chi connectivity index (χ0) is 12.8. The van der Waals surface area contributed by atoms with Gasteiger partial charge < -0.3 is 9.73 Å². The fourth-order valence-corrected chi connectivity index (χ4v) is 2.63. The predicted molar refractivity (Wildman–Crippen MR) is 74.6 cm³/mol. The van der Waals surface area contributed by atoms with Crippen molar-refractivity contribution < 1.29 is 4.42 Å². The highest BCUT2D eigenvalue weighted by atomic mass is 16.3. The third kappa shape index (κ3) is 3.85. The first-order chi connectivity index (χ1) is 8.77. The van der Waals surface area contributed by atoms with E-state index in [0.717, 1.165) is 18.8 Å². The Bertz CT molecular complexity index is 315. The summed E-state index contributed by atoms with van der Waals surface area (Å²) in [6.07, 6.45) is 5.80. The molecule has 0 spiro atoms. The largest absolute Gasteiger partial charge is 0.468 e. The zero-order valence-corrected chi connectivity index (χ0v) is 11.7. The van der Waals surface area contributed by atoms with Crippen molar-refractivity contribution in [2.75, 3.05) is 26.2 Å². The SMILES string of the molecule is CC(C)CNCC(c1ccco1)N1CCCCC1. The minimum atomic E-state index is 0.402. The summed E-state index contributed by atoms with van der Waals surface area (Å²) < 4.78 is 5.62. The second kappa shape index (κ2) is 6.95. The number of nitrogens with zero attached hydrogens (tertiary/aromatic N) is 1. The molecule has 0 bridgehead atoms. The molecule has 1 unspecified atom stereocenters. The molecule has 0 aliphatic carbocycles. The Labute approximate surface area is 111 Å². The Kier molecular flexibility index (Phi) is 5.26. The van der Waals surface area contributed by atoms with Gasteiger partial charge in [0.1, 0.15) is 5.76 Å². The van der Waals surface area contributed by atoms with Crippen LogP contribution in [-0.2, 0) is 0 Å². The lowest BCUT2D eigenvalue weighted by molar-refractivity contribution is 0.142. The number of nitrogens with one attached hydrogen (secondary N) is 1. The van der Waals surface area contributed by atoms with Crippen molar-refractivity contribution >= 4 is 0 Å². The maximum Gasteiger partial charge on any atom is 0.122 e. The lowest BCUT2D eigenvalue weighted by Crippen LogP contribution is -2.39. The van der Waals surface area contributed by atoms with Crippen LogP contribution < -0.4 is 5.32 Å². The van der Waals surface area contributed by atoms with Crippen LogP contribution in [-0.4, -0.2) is 31.1 Å². The van der Waals surface area contributed by atoms with E-state index in [0.29, 0.717) is 12.0 Å². The van der Waals surface area contributed by atoms with E-state index < -0.39 is 0 Å². The lowest BCUT2D eigenvalue weighted by Gasteiger charge is -2.33. The van der Waals surface area contributed by atoms with Gasteiger partial charge in [0.25, 0.3) is 0 Å². The predicted octanol–water partition coefficient (Wildman–Crippen LogP) is 3.05. The van der Waals surface area contributed by atoms with Gasteiger partial charge in [0, 0.05) is 6.54 Å². The van der Waals surface area contributed by atoms with Crippen molar-refractivity contribution in [2.45, 2.75) is 39.2 Å². The molecule has 0 saturated carbocycles. The average Bonchev–Trinajstić information content (AvgIpc) is 2.89. The summed E-state index contributed by atoms with van der Waals surface area (Å²) >= 11 is 0. The molecule has 1 aliphatic rings. The summed E-state index contributed by atoms with van der Waals surface area (Å²) in [5.74, 6) is 1.80. The maximum atomic E-state index is 5.62. The van der Waals surface area contributed by atoms with Crippen LogP contribution >= 0.6 is 0 Å². The van der Waals surface area contributed by atoms with Gasteiger partial charge in [-0.1, -0.05) is 20.3 Å². The second-order valence-electron chi connectivity index (χ2n) is 5.68. The topological polar surface area (TPSA) is 28.4 Å². The minimum Gasteiger partial charge on any atom is -0.468 e. The average molecular weight is 250 g/mol. The molecule has 1 saturated heterocycles. The smallest absolute Gasteiger partial charge is 0.122 e. The Morgan fingerprint density at radius 2 is 2.00 bits per heavy atom. The van der Waals surface area contributed by atoms with Crippen LogP contribution in [0.1, 0.15) is 44.9 Å². The van der Waals surface area contributed by atoms with Gasteiger partial charge in [-0.2, -0.15) is 0 Å². The van der Waals surface area contributed by atoms with Crippen LogP contribution in [0, 0.1) is 5.92 Å². The molecule has 2 rings (SSSR count). The second-order valence-corrected chi connectivity index (χ2v) is 5.68. The molecule has 1 N–H and O–H groups in total. The van der Waals surface area contributed by atoms with Crippen LogP contribution in [0.25, 0.3) is 0 Å². The van der Waals surface area contributed by atoms with Crippen LogP contribution in [0.15, 0.2) is 22.8 Å². The number of rotatable bonds is 6. The standard InChI is InChI=1S/C15H26N2O/c1-13(2)11-16-12-14(15-7-6-10-18-15)17-8-4-3-5-9-17/h6-7,10,13-14,16H,3-5,8-9,11-12H2,1-2H3. The molecule has 1 aromatic heterocycles. The molecular weight excluding hydrogens is 224 g/mol. The molecule has 1 atom stereocenters. The number of hydrogen-bond acceptors (Lipinski definition) is 3. The minimum absolute atomic E-state index is 0.402. The van der Waals surface area contributed by atoms with Gasteiger partial charge in [0.15, 0.2) is 0 Å². The van der Waals surface area contributed by atoms with E-state index in [2.05, 4.69) is 30.1 Å². The molecule has 0 amide bonds. The Morgan fingerprint density at radius 1 is 1.22 bits per heavy atom. The molecule has 0 radical (unpaired) electrons. The van der Waals surface area contributed by atoms with Crippen molar-refractivity contribution in [3.05, 3.63) is 24.2 Å².